The second kappa shape index (κ2) is 8.44. The van der Waals surface area contributed by atoms with Gasteiger partial charge in [-0.1, -0.05) is 18.2 Å². The molecule has 0 spiro atoms. The summed E-state index contributed by atoms with van der Waals surface area (Å²) in [5.41, 5.74) is 0.880. The Balaban J connectivity index is 1.53. The third kappa shape index (κ3) is 3.80. The molecule has 2 heterocycles. The number of likely N-dealkylation sites (tertiary alicyclic amines) is 1. The fraction of sp³-hybridized carbons (Fsp3) is 0.318. The average Bonchev–Trinajstić information content (AvgIpc) is 2.79. The molecule has 1 aliphatic heterocycles. The molecule has 8 nitrogen and oxygen atoms in total. The zero-order valence-electron chi connectivity index (χ0n) is 17.0. The van der Waals surface area contributed by atoms with Crippen LogP contribution in [-0.2, 0) is 0 Å². The second-order valence-corrected chi connectivity index (χ2v) is 7.25. The number of nitrogens with zero attached hydrogens (tertiary/aromatic N) is 2. The van der Waals surface area contributed by atoms with Crippen LogP contribution in [0.25, 0.3) is 10.8 Å². The molecule has 30 heavy (non-hydrogen) atoms. The lowest BCUT2D eigenvalue weighted by atomic mass is 10.0. The van der Waals surface area contributed by atoms with E-state index in [-0.39, 0.29) is 23.2 Å². The molecule has 1 aliphatic rings. The molecule has 0 aliphatic carbocycles. The van der Waals surface area contributed by atoms with Gasteiger partial charge in [0.05, 0.1) is 19.6 Å². The van der Waals surface area contributed by atoms with Gasteiger partial charge >= 0.3 is 0 Å². The molecular weight excluding hydrogens is 384 g/mol. The summed E-state index contributed by atoms with van der Waals surface area (Å²) in [6, 6.07) is 12.8. The molecule has 1 fully saturated rings. The molecule has 0 radical (unpaired) electrons. The van der Waals surface area contributed by atoms with Crippen LogP contribution in [0.5, 0.6) is 11.5 Å². The normalized spacial score (nSPS) is 16.3. The summed E-state index contributed by atoms with van der Waals surface area (Å²) in [6.45, 7) is 1.19. The number of carbonyl (C=O) groups is 1. The third-order valence-electron chi connectivity index (χ3n) is 5.36. The predicted octanol–water partition coefficient (Wildman–Crippen LogP) is 2.66. The van der Waals surface area contributed by atoms with Gasteiger partial charge in [-0.3, -0.25) is 9.59 Å². The number of ether oxygens (including phenoxy) is 2. The molecular formula is C22H24N4O4. The van der Waals surface area contributed by atoms with Gasteiger partial charge in [0.1, 0.15) is 0 Å². The van der Waals surface area contributed by atoms with Crippen molar-refractivity contribution in [1.29, 1.82) is 0 Å². The fourth-order valence-corrected chi connectivity index (χ4v) is 3.87. The lowest BCUT2D eigenvalue weighted by molar-refractivity contribution is 0.0710. The molecule has 0 bridgehead atoms. The summed E-state index contributed by atoms with van der Waals surface area (Å²) in [4.78, 5) is 27.0. The summed E-state index contributed by atoms with van der Waals surface area (Å²) in [5, 5.41) is 11.0. The number of piperidine rings is 1. The number of rotatable bonds is 5. The first-order valence-electron chi connectivity index (χ1n) is 9.86. The first-order chi connectivity index (χ1) is 14.6. The highest BCUT2D eigenvalue weighted by atomic mass is 16.5. The number of fused-ring (bicyclic) bond motifs is 1. The Morgan fingerprint density at radius 1 is 1.13 bits per heavy atom. The largest absolute Gasteiger partial charge is 0.493 e. The first-order valence-corrected chi connectivity index (χ1v) is 9.86. The van der Waals surface area contributed by atoms with Gasteiger partial charge in [-0.05, 0) is 31.0 Å². The van der Waals surface area contributed by atoms with Crippen molar-refractivity contribution in [3.05, 3.63) is 58.5 Å². The Morgan fingerprint density at radius 2 is 1.90 bits per heavy atom. The van der Waals surface area contributed by atoms with Gasteiger partial charge in [0.25, 0.3) is 11.5 Å². The summed E-state index contributed by atoms with van der Waals surface area (Å²) in [6.07, 6.45) is 1.82. The monoisotopic (exact) mass is 408 g/mol. The smallest absolute Gasteiger partial charge is 0.275 e. The average molecular weight is 408 g/mol. The van der Waals surface area contributed by atoms with E-state index in [1.165, 1.54) is 0 Å². The zero-order chi connectivity index (χ0) is 21.1. The molecule has 1 amide bonds. The molecule has 2 N–H and O–H groups in total. The predicted molar refractivity (Wildman–Crippen MR) is 114 cm³/mol. The molecule has 3 aromatic rings. The van der Waals surface area contributed by atoms with Gasteiger partial charge < -0.3 is 19.7 Å². The highest BCUT2D eigenvalue weighted by Gasteiger charge is 2.27. The fourth-order valence-electron chi connectivity index (χ4n) is 3.87. The SMILES string of the molecule is COc1ccc(NC2CCCN(C(=O)c3n[nH]c(=O)c4ccccc34)C2)cc1OC. The molecule has 1 saturated heterocycles. The number of carbonyl (C=O) groups excluding carboxylic acids is 1. The van der Waals surface area contributed by atoms with E-state index in [0.717, 1.165) is 18.5 Å². The van der Waals surface area contributed by atoms with Crippen LogP contribution < -0.4 is 20.3 Å². The summed E-state index contributed by atoms with van der Waals surface area (Å²) < 4.78 is 10.7. The van der Waals surface area contributed by atoms with Crippen LogP contribution in [0.3, 0.4) is 0 Å². The van der Waals surface area contributed by atoms with Gasteiger partial charge in [0.2, 0.25) is 0 Å². The lowest BCUT2D eigenvalue weighted by Gasteiger charge is -2.33. The van der Waals surface area contributed by atoms with Crippen molar-refractivity contribution < 1.29 is 14.3 Å². The van der Waals surface area contributed by atoms with Crippen LogP contribution in [-0.4, -0.2) is 54.4 Å². The number of hydrogen-bond donors (Lipinski definition) is 2. The third-order valence-corrected chi connectivity index (χ3v) is 5.36. The number of anilines is 1. The van der Waals surface area contributed by atoms with Crippen LogP contribution in [0.15, 0.2) is 47.3 Å². The molecule has 0 saturated carbocycles. The zero-order valence-corrected chi connectivity index (χ0v) is 17.0. The summed E-state index contributed by atoms with van der Waals surface area (Å²) in [7, 11) is 3.20. The minimum atomic E-state index is -0.297. The molecule has 1 unspecified atom stereocenters. The molecule has 156 valence electrons. The number of amides is 1. The standard InChI is InChI=1S/C22H24N4O4/c1-29-18-10-9-14(12-19(18)30-2)23-15-6-5-11-26(13-15)22(28)20-16-7-3-4-8-17(16)21(27)25-24-20/h3-4,7-10,12,15,23H,5-6,11,13H2,1-2H3,(H,25,27). The first kappa shape index (κ1) is 19.8. The van der Waals surface area contributed by atoms with Crippen LogP contribution in [0.2, 0.25) is 0 Å². The van der Waals surface area contributed by atoms with E-state index in [2.05, 4.69) is 15.5 Å². The van der Waals surface area contributed by atoms with Crippen molar-refractivity contribution in [2.75, 3.05) is 32.6 Å². The minimum Gasteiger partial charge on any atom is -0.493 e. The number of aromatic nitrogens is 2. The van der Waals surface area contributed by atoms with Crippen LogP contribution in [0.4, 0.5) is 5.69 Å². The highest BCUT2D eigenvalue weighted by molar-refractivity contribution is 6.04. The van der Waals surface area contributed by atoms with Gasteiger partial charge in [-0.15, -0.1) is 0 Å². The molecule has 8 heteroatoms. The van der Waals surface area contributed by atoms with Crippen molar-refractivity contribution in [1.82, 2.24) is 15.1 Å². The van der Waals surface area contributed by atoms with E-state index in [4.69, 9.17) is 9.47 Å². The maximum Gasteiger partial charge on any atom is 0.275 e. The summed E-state index contributed by atoms with van der Waals surface area (Å²) in [5.74, 6) is 1.14. The Bertz CT molecular complexity index is 1130. The minimum absolute atomic E-state index is 0.0924. The van der Waals surface area contributed by atoms with Gasteiger partial charge in [-0.25, -0.2) is 5.10 Å². The summed E-state index contributed by atoms with van der Waals surface area (Å²) >= 11 is 0. The number of H-pyrrole nitrogens is 1. The molecule has 1 aromatic heterocycles. The Labute approximate surface area is 173 Å². The number of benzene rings is 2. The quantitative estimate of drug-likeness (QED) is 0.674. The Kier molecular flexibility index (Phi) is 5.56. The number of hydrogen-bond acceptors (Lipinski definition) is 6. The van der Waals surface area contributed by atoms with E-state index in [1.807, 2.05) is 18.2 Å². The number of nitrogens with one attached hydrogen (secondary N) is 2. The molecule has 4 rings (SSSR count). The van der Waals surface area contributed by atoms with Crippen LogP contribution in [0.1, 0.15) is 23.3 Å². The van der Waals surface area contributed by atoms with Gasteiger partial charge in [0.15, 0.2) is 17.2 Å². The van der Waals surface area contributed by atoms with Crippen LogP contribution >= 0.6 is 0 Å². The number of aromatic amines is 1. The van der Waals surface area contributed by atoms with Gasteiger partial charge in [0, 0.05) is 36.3 Å². The van der Waals surface area contributed by atoms with E-state index in [0.29, 0.717) is 35.4 Å². The topological polar surface area (TPSA) is 96.5 Å². The van der Waals surface area contributed by atoms with Crippen molar-refractivity contribution >= 4 is 22.4 Å². The van der Waals surface area contributed by atoms with E-state index in [9.17, 15) is 9.59 Å². The molecule has 2 aromatic carbocycles. The maximum atomic E-state index is 13.2. The lowest BCUT2D eigenvalue weighted by Crippen LogP contribution is -2.45. The highest BCUT2D eigenvalue weighted by Crippen LogP contribution is 2.30. The van der Waals surface area contributed by atoms with E-state index >= 15 is 0 Å². The van der Waals surface area contributed by atoms with Crippen LogP contribution in [0, 0.1) is 0 Å². The van der Waals surface area contributed by atoms with E-state index in [1.54, 1.807) is 43.4 Å². The van der Waals surface area contributed by atoms with Gasteiger partial charge in [-0.2, -0.15) is 5.10 Å². The van der Waals surface area contributed by atoms with Crippen molar-refractivity contribution in [2.45, 2.75) is 18.9 Å². The van der Waals surface area contributed by atoms with E-state index < -0.39 is 0 Å². The van der Waals surface area contributed by atoms with Crippen molar-refractivity contribution in [3.63, 3.8) is 0 Å². The number of methoxy groups -OCH3 is 2. The van der Waals surface area contributed by atoms with Crippen molar-refractivity contribution in [2.24, 2.45) is 0 Å². The maximum absolute atomic E-state index is 13.2. The Hall–Kier alpha value is -3.55. The van der Waals surface area contributed by atoms with Crippen molar-refractivity contribution in [3.8, 4) is 11.5 Å². The molecule has 1 atom stereocenters. The Morgan fingerprint density at radius 3 is 2.67 bits per heavy atom. The second-order valence-electron chi connectivity index (χ2n) is 7.25.